The van der Waals surface area contributed by atoms with Crippen LogP contribution in [0, 0.1) is 0 Å². The van der Waals surface area contributed by atoms with Gasteiger partial charge in [0.2, 0.25) is 0 Å². The number of benzene rings is 3. The number of hydrogen-bond donors (Lipinski definition) is 6. The molecule has 0 spiro atoms. The van der Waals surface area contributed by atoms with Crippen molar-refractivity contribution in [3.8, 4) is 11.5 Å². The number of para-hydroxylation sites is 1. The highest BCUT2D eigenvalue weighted by molar-refractivity contribution is 6.30. The number of carbonyl (C=O) groups excluding carboxylic acids is 3. The Kier molecular flexibility index (Phi) is 7.88. The van der Waals surface area contributed by atoms with Crippen molar-refractivity contribution >= 4 is 23.3 Å². The summed E-state index contributed by atoms with van der Waals surface area (Å²) < 4.78 is 17.6. The first-order chi connectivity index (χ1) is 21.4. The predicted octanol–water partition coefficient (Wildman–Crippen LogP) is 3.07. The highest BCUT2D eigenvalue weighted by atomic mass is 16.7. The number of hydrogen-bond acceptors (Lipinski definition) is 11. The minimum atomic E-state index is -1.88. The lowest BCUT2D eigenvalue weighted by Gasteiger charge is -2.44. The van der Waals surface area contributed by atoms with Crippen molar-refractivity contribution < 1.29 is 49.0 Å². The highest BCUT2D eigenvalue weighted by Crippen LogP contribution is 2.52. The third-order valence-electron chi connectivity index (χ3n) is 8.93. The van der Waals surface area contributed by atoms with Gasteiger partial charge in [0.1, 0.15) is 23.2 Å². The van der Waals surface area contributed by atoms with Crippen LogP contribution in [0.2, 0.25) is 0 Å². The van der Waals surface area contributed by atoms with Crippen LogP contribution in [0.1, 0.15) is 75.8 Å². The highest BCUT2D eigenvalue weighted by Gasteiger charge is 2.50. The van der Waals surface area contributed by atoms with Crippen molar-refractivity contribution in [2.24, 2.45) is 5.73 Å². The Morgan fingerprint density at radius 1 is 1.02 bits per heavy atom. The number of aliphatic hydroxyl groups is 2. The molecule has 3 aliphatic rings. The Morgan fingerprint density at radius 2 is 1.62 bits per heavy atom. The quantitative estimate of drug-likeness (QED) is 0.180. The number of aliphatic hydroxyl groups excluding tert-OH is 1. The zero-order valence-electron chi connectivity index (χ0n) is 24.6. The SMILES string of the molecule is C[C@@H]1OC(O[C@H]2C[C@](O)([C@H](C)OC(=O)Nc3ccccc3)Cc3c(O)c4c(c(O)c32)C(=O)c2ccccc2C4=O)C[C@H](N)[C@H]1O. The average molecular weight is 619 g/mol. The minimum absolute atomic E-state index is 0.00617. The third-order valence-corrected chi connectivity index (χ3v) is 8.93. The number of nitrogens with two attached hydrogens (primary N) is 1. The van der Waals surface area contributed by atoms with E-state index in [0.717, 1.165) is 0 Å². The summed E-state index contributed by atoms with van der Waals surface area (Å²) in [6.45, 7) is 3.09. The lowest BCUT2D eigenvalue weighted by molar-refractivity contribution is -0.250. The Morgan fingerprint density at radius 3 is 2.24 bits per heavy atom. The average Bonchev–Trinajstić information content (AvgIpc) is 3.00. The Labute approximate surface area is 258 Å². The van der Waals surface area contributed by atoms with Crippen molar-refractivity contribution in [2.75, 3.05) is 5.32 Å². The number of carbonyl (C=O) groups is 3. The second-order valence-corrected chi connectivity index (χ2v) is 11.9. The molecular weight excluding hydrogens is 584 g/mol. The Balaban J connectivity index is 1.41. The summed E-state index contributed by atoms with van der Waals surface area (Å²) in [5.74, 6) is -2.49. The molecule has 3 aromatic carbocycles. The molecule has 0 saturated carbocycles. The molecule has 1 unspecified atom stereocenters. The van der Waals surface area contributed by atoms with Crippen LogP contribution in [0.3, 0.4) is 0 Å². The lowest BCUT2D eigenvalue weighted by atomic mass is 9.71. The van der Waals surface area contributed by atoms with Crippen LogP contribution in [-0.2, 0) is 20.6 Å². The van der Waals surface area contributed by atoms with E-state index in [-0.39, 0.29) is 52.6 Å². The van der Waals surface area contributed by atoms with Gasteiger partial charge in [-0.05, 0) is 26.0 Å². The summed E-state index contributed by atoms with van der Waals surface area (Å²) in [5, 5.41) is 48.1. The standard InChI is InChI=1S/C33H34N2O10/c1-15-27(36)21(34)12-23(43-15)45-22-14-33(42,16(2)44-32(41)35-17-8-4-3-5-9-17)13-20-24(22)31(40)26-25(30(20)39)28(37)18-10-6-7-11-19(18)29(26)38/h3-11,15-16,21-23,27,36,39-40,42H,12-14,34H2,1-2H3,(H,35,41)/t15-,16-,21-,22-,23?,27-,33-/m0/s1. The van der Waals surface area contributed by atoms with Gasteiger partial charge in [-0.3, -0.25) is 14.9 Å². The van der Waals surface area contributed by atoms with Gasteiger partial charge in [-0.1, -0.05) is 42.5 Å². The van der Waals surface area contributed by atoms with Crippen LogP contribution in [0.5, 0.6) is 11.5 Å². The van der Waals surface area contributed by atoms with E-state index in [0.29, 0.717) is 5.69 Å². The van der Waals surface area contributed by atoms with Crippen molar-refractivity contribution in [2.45, 2.75) is 75.5 Å². The summed E-state index contributed by atoms with van der Waals surface area (Å²) in [5.41, 5.74) is 4.02. The van der Waals surface area contributed by atoms with Gasteiger partial charge in [-0.2, -0.15) is 0 Å². The number of fused-ring (bicyclic) bond motifs is 3. The number of anilines is 1. The normalized spacial score (nSPS) is 28.0. The molecule has 0 aromatic heterocycles. The van der Waals surface area contributed by atoms with E-state index >= 15 is 0 Å². The molecule has 236 valence electrons. The summed E-state index contributed by atoms with van der Waals surface area (Å²) in [7, 11) is 0. The molecule has 1 heterocycles. The zero-order valence-corrected chi connectivity index (χ0v) is 24.6. The third kappa shape index (κ3) is 5.34. The molecular formula is C33H34N2O10. The Hall–Kier alpha value is -4.33. The second-order valence-electron chi connectivity index (χ2n) is 11.9. The molecule has 45 heavy (non-hydrogen) atoms. The molecule has 0 radical (unpaired) electrons. The van der Waals surface area contributed by atoms with Crippen LogP contribution in [0.4, 0.5) is 10.5 Å². The number of phenolic OH excluding ortho intramolecular Hbond substituents is 2. The van der Waals surface area contributed by atoms with Crippen molar-refractivity contribution in [1.29, 1.82) is 0 Å². The second kappa shape index (κ2) is 11.5. The first kappa shape index (κ1) is 30.7. The van der Waals surface area contributed by atoms with E-state index in [1.165, 1.54) is 19.1 Å². The number of ether oxygens (including phenoxy) is 3. The maximum Gasteiger partial charge on any atom is 0.411 e. The fourth-order valence-electron chi connectivity index (χ4n) is 6.43. The van der Waals surface area contributed by atoms with E-state index in [1.807, 2.05) is 0 Å². The van der Waals surface area contributed by atoms with Crippen LogP contribution < -0.4 is 11.1 Å². The number of ketones is 2. The van der Waals surface area contributed by atoms with E-state index in [9.17, 15) is 34.8 Å². The van der Waals surface area contributed by atoms with Crippen molar-refractivity contribution in [3.05, 3.63) is 88.0 Å². The maximum absolute atomic E-state index is 13.6. The summed E-state index contributed by atoms with van der Waals surface area (Å²) in [6.07, 6.45) is -6.49. The van der Waals surface area contributed by atoms with Crippen molar-refractivity contribution in [1.82, 2.24) is 0 Å². The monoisotopic (exact) mass is 618 g/mol. The van der Waals surface area contributed by atoms with E-state index in [1.54, 1.807) is 49.4 Å². The molecule has 3 aromatic rings. The fraction of sp³-hybridized carbons (Fsp3) is 0.364. The molecule has 1 saturated heterocycles. The summed E-state index contributed by atoms with van der Waals surface area (Å²) in [4.78, 5) is 39.9. The lowest BCUT2D eigenvalue weighted by Crippen LogP contribution is -2.53. The molecule has 12 nitrogen and oxygen atoms in total. The number of rotatable bonds is 5. The van der Waals surface area contributed by atoms with E-state index in [2.05, 4.69) is 5.32 Å². The van der Waals surface area contributed by atoms with Gasteiger partial charge >= 0.3 is 6.09 Å². The topological polar surface area (TPSA) is 198 Å². The fourth-order valence-corrected chi connectivity index (χ4v) is 6.43. The summed E-state index contributed by atoms with van der Waals surface area (Å²) >= 11 is 0. The first-order valence-electron chi connectivity index (χ1n) is 14.7. The summed E-state index contributed by atoms with van der Waals surface area (Å²) in [6, 6.07) is 13.9. The van der Waals surface area contributed by atoms with Gasteiger partial charge in [-0.25, -0.2) is 4.79 Å². The largest absolute Gasteiger partial charge is 0.507 e. The van der Waals surface area contributed by atoms with Gasteiger partial charge in [0, 0.05) is 53.2 Å². The van der Waals surface area contributed by atoms with Crippen LogP contribution in [-0.4, -0.2) is 74.3 Å². The zero-order chi connectivity index (χ0) is 32.2. The molecule has 2 aliphatic carbocycles. The Bertz CT molecular complexity index is 1670. The first-order valence-corrected chi connectivity index (χ1v) is 14.7. The smallest absolute Gasteiger partial charge is 0.411 e. The van der Waals surface area contributed by atoms with Crippen LogP contribution in [0.15, 0.2) is 54.6 Å². The number of nitrogens with one attached hydrogen (secondary N) is 1. The molecule has 6 rings (SSSR count). The molecule has 1 amide bonds. The molecule has 7 N–H and O–H groups in total. The minimum Gasteiger partial charge on any atom is -0.507 e. The van der Waals surface area contributed by atoms with E-state index in [4.69, 9.17) is 19.9 Å². The molecule has 7 atom stereocenters. The van der Waals surface area contributed by atoms with Gasteiger partial charge < -0.3 is 40.4 Å². The van der Waals surface area contributed by atoms with Gasteiger partial charge in [0.05, 0.1) is 29.4 Å². The number of aromatic hydroxyl groups is 2. The van der Waals surface area contributed by atoms with E-state index < -0.39 is 71.5 Å². The van der Waals surface area contributed by atoms with Gasteiger partial charge in [0.25, 0.3) is 0 Å². The van der Waals surface area contributed by atoms with Crippen LogP contribution >= 0.6 is 0 Å². The number of phenols is 2. The van der Waals surface area contributed by atoms with Gasteiger partial charge in [-0.15, -0.1) is 0 Å². The molecule has 0 bridgehead atoms. The van der Waals surface area contributed by atoms with Crippen LogP contribution in [0.25, 0.3) is 0 Å². The molecule has 12 heteroatoms. The molecule has 1 aliphatic heterocycles. The number of amides is 1. The van der Waals surface area contributed by atoms with Crippen molar-refractivity contribution in [3.63, 3.8) is 0 Å². The van der Waals surface area contributed by atoms with Gasteiger partial charge in [0.15, 0.2) is 17.9 Å². The maximum atomic E-state index is 13.6. The predicted molar refractivity (Wildman–Crippen MR) is 159 cm³/mol. The molecule has 1 fully saturated rings.